The molecule has 0 radical (unpaired) electrons. The van der Waals surface area contributed by atoms with Crippen LogP contribution in [0.25, 0.3) is 0 Å². The Balaban J connectivity index is 4.27. The summed E-state index contributed by atoms with van der Waals surface area (Å²) >= 11 is 0. The number of carbonyl (C=O) groups is 3. The van der Waals surface area contributed by atoms with Crippen molar-refractivity contribution in [1.29, 1.82) is 0 Å². The van der Waals surface area contributed by atoms with Crippen molar-refractivity contribution in [3.63, 3.8) is 0 Å². The average molecular weight is 1100 g/mol. The van der Waals surface area contributed by atoms with Crippen molar-refractivity contribution >= 4 is 17.9 Å². The van der Waals surface area contributed by atoms with Crippen LogP contribution in [-0.4, -0.2) is 82.3 Å². The van der Waals surface area contributed by atoms with Crippen LogP contribution in [0.3, 0.4) is 0 Å². The second kappa shape index (κ2) is 59.8. The van der Waals surface area contributed by atoms with E-state index in [1.807, 2.05) is 21.1 Å². The zero-order valence-corrected chi connectivity index (χ0v) is 51.2. The number of allylic oxidation sites excluding steroid dienone is 20. The Morgan fingerprint density at radius 1 is 0.392 bits per heavy atom. The Bertz CT molecular complexity index is 1710. The number of ether oxygens (including phenoxy) is 4. The standard InChI is InChI=1S/C70H117NO8/c1-6-8-10-12-14-16-18-20-22-24-26-28-30-32-33-34-35-37-39-41-43-45-47-49-51-53-55-57-59-61-68(73)79-66(65-78-70(69(74)75)76-63-62-71(3,4)5)64-77-67(72)60-58-56-54-52-50-48-46-44-42-40-38-36-31-29-27-25-23-21-19-17-15-13-11-9-7-2/h8,10,14,16,19-22,25-28,31-33,35-37,41,43,66,70H,6-7,9,11-13,15,17-18,23-24,29-30,34,38-40,42,44-65H2,1-5H3/b10-8-,16-14-,21-19-,22-20-,27-25-,28-26-,33-32-,36-31-,37-35-,43-41-. The molecule has 0 aromatic rings. The number of carboxylic acid groups (broad SMARTS) is 1. The van der Waals surface area contributed by atoms with Crippen LogP contribution in [-0.2, 0) is 33.3 Å². The maximum atomic E-state index is 12.9. The zero-order chi connectivity index (χ0) is 57.6. The van der Waals surface area contributed by atoms with Gasteiger partial charge < -0.3 is 33.3 Å². The molecule has 0 heterocycles. The highest BCUT2D eigenvalue weighted by Crippen LogP contribution is 2.15. The molecule has 450 valence electrons. The smallest absolute Gasteiger partial charge is 0.306 e. The van der Waals surface area contributed by atoms with E-state index in [2.05, 4.69) is 135 Å². The number of carboxylic acids is 1. The van der Waals surface area contributed by atoms with E-state index in [4.69, 9.17) is 18.9 Å². The summed E-state index contributed by atoms with van der Waals surface area (Å²) in [7, 11) is 5.91. The van der Waals surface area contributed by atoms with Crippen molar-refractivity contribution in [2.24, 2.45) is 0 Å². The lowest BCUT2D eigenvalue weighted by molar-refractivity contribution is -0.870. The van der Waals surface area contributed by atoms with E-state index in [1.165, 1.54) is 96.3 Å². The molecule has 0 bridgehead atoms. The zero-order valence-electron chi connectivity index (χ0n) is 51.2. The predicted octanol–water partition coefficient (Wildman–Crippen LogP) is 17.9. The lowest BCUT2D eigenvalue weighted by Gasteiger charge is -2.26. The second-order valence-electron chi connectivity index (χ2n) is 22.0. The Morgan fingerprint density at radius 2 is 0.722 bits per heavy atom. The van der Waals surface area contributed by atoms with Crippen LogP contribution in [0.5, 0.6) is 0 Å². The normalized spacial score (nSPS) is 13.6. The first-order valence-corrected chi connectivity index (χ1v) is 31.7. The van der Waals surface area contributed by atoms with E-state index in [0.717, 1.165) is 116 Å². The number of carbonyl (C=O) groups excluding carboxylic acids is 3. The minimum Gasteiger partial charge on any atom is -0.545 e. The molecule has 0 spiro atoms. The van der Waals surface area contributed by atoms with E-state index in [9.17, 15) is 19.5 Å². The molecule has 0 saturated heterocycles. The van der Waals surface area contributed by atoms with Crippen molar-refractivity contribution in [3.8, 4) is 0 Å². The van der Waals surface area contributed by atoms with Crippen LogP contribution in [0.1, 0.15) is 245 Å². The number of unbranched alkanes of at least 4 members (excludes halogenated alkanes) is 22. The maximum absolute atomic E-state index is 12.9. The largest absolute Gasteiger partial charge is 0.545 e. The summed E-state index contributed by atoms with van der Waals surface area (Å²) in [5.74, 6) is -2.31. The molecule has 0 N–H and O–H groups in total. The number of esters is 2. The van der Waals surface area contributed by atoms with Crippen molar-refractivity contribution in [2.75, 3.05) is 47.5 Å². The molecule has 0 amide bonds. The number of likely N-dealkylation sites (N-methyl/N-ethyl adjacent to an activating group) is 1. The fourth-order valence-electron chi connectivity index (χ4n) is 8.35. The summed E-state index contributed by atoms with van der Waals surface area (Å²) in [4.78, 5) is 37.4. The molecule has 0 aromatic heterocycles. The summed E-state index contributed by atoms with van der Waals surface area (Å²) < 4.78 is 22.7. The molecule has 0 aromatic carbocycles. The van der Waals surface area contributed by atoms with Crippen molar-refractivity contribution in [3.05, 3.63) is 122 Å². The quantitative estimate of drug-likeness (QED) is 0.0195. The SMILES string of the molecule is CC/C=C\C/C=C\C/C=C\C/C=C\C/C=C\C/C=C\C/C=C\CCCCCCCCCC(=O)OC(COC(=O)CCCCCCCCCCCC/C=C\C/C=C\C/C=C\CCCCCCC)COC(OCC[N+](C)(C)C)C(=O)[O-]. The molecular weight excluding hydrogens is 983 g/mol. The number of quaternary nitrogens is 1. The number of rotatable bonds is 57. The summed E-state index contributed by atoms with van der Waals surface area (Å²) in [6.45, 7) is 4.60. The lowest BCUT2D eigenvalue weighted by atomic mass is 10.1. The van der Waals surface area contributed by atoms with Gasteiger partial charge >= 0.3 is 11.9 Å². The summed E-state index contributed by atoms with van der Waals surface area (Å²) in [6, 6.07) is 0. The van der Waals surface area contributed by atoms with Gasteiger partial charge in [-0.2, -0.15) is 0 Å². The third-order valence-electron chi connectivity index (χ3n) is 13.2. The van der Waals surface area contributed by atoms with Crippen LogP contribution in [0.2, 0.25) is 0 Å². The van der Waals surface area contributed by atoms with Crippen molar-refractivity contribution in [1.82, 2.24) is 0 Å². The first-order valence-electron chi connectivity index (χ1n) is 31.7. The number of nitrogens with zero attached hydrogens (tertiary/aromatic N) is 1. The Labute approximate surface area is 485 Å². The molecule has 0 aliphatic heterocycles. The number of hydrogen-bond acceptors (Lipinski definition) is 8. The fourth-order valence-corrected chi connectivity index (χ4v) is 8.35. The highest BCUT2D eigenvalue weighted by Gasteiger charge is 2.22. The highest BCUT2D eigenvalue weighted by molar-refractivity contribution is 5.70. The Hall–Kier alpha value is -4.31. The van der Waals surface area contributed by atoms with E-state index < -0.39 is 24.3 Å². The second-order valence-corrected chi connectivity index (χ2v) is 22.0. The van der Waals surface area contributed by atoms with Gasteiger partial charge in [0.1, 0.15) is 13.2 Å². The maximum Gasteiger partial charge on any atom is 0.306 e. The third-order valence-corrected chi connectivity index (χ3v) is 13.2. The molecule has 2 unspecified atom stereocenters. The molecule has 79 heavy (non-hydrogen) atoms. The first kappa shape index (κ1) is 74.7. The van der Waals surface area contributed by atoms with Gasteiger partial charge in [-0.25, -0.2) is 0 Å². The molecule has 0 fully saturated rings. The van der Waals surface area contributed by atoms with Crippen LogP contribution in [0.15, 0.2) is 122 Å². The van der Waals surface area contributed by atoms with Gasteiger partial charge in [-0.05, 0) is 109 Å². The molecule has 0 saturated carbocycles. The summed E-state index contributed by atoms with van der Waals surface area (Å²) in [5.41, 5.74) is 0. The topological polar surface area (TPSA) is 111 Å². The van der Waals surface area contributed by atoms with Gasteiger partial charge in [-0.1, -0.05) is 245 Å². The Kier molecular flexibility index (Phi) is 56.5. The van der Waals surface area contributed by atoms with E-state index >= 15 is 0 Å². The molecule has 2 atom stereocenters. The first-order chi connectivity index (χ1) is 38.6. The number of aliphatic carboxylic acids is 1. The third kappa shape index (κ3) is 61.2. The van der Waals surface area contributed by atoms with Crippen molar-refractivity contribution < 1.29 is 42.9 Å². The van der Waals surface area contributed by atoms with E-state index in [-0.39, 0.29) is 38.6 Å². The van der Waals surface area contributed by atoms with E-state index in [1.54, 1.807) is 0 Å². The van der Waals surface area contributed by atoms with Gasteiger partial charge in [0, 0.05) is 12.8 Å². The van der Waals surface area contributed by atoms with Gasteiger partial charge in [0.25, 0.3) is 0 Å². The minimum absolute atomic E-state index is 0.138. The summed E-state index contributed by atoms with van der Waals surface area (Å²) in [6.07, 6.45) is 81.0. The molecule has 9 nitrogen and oxygen atoms in total. The van der Waals surface area contributed by atoms with Gasteiger partial charge in [0.15, 0.2) is 12.4 Å². The highest BCUT2D eigenvalue weighted by atomic mass is 16.7. The molecule has 0 rings (SSSR count). The van der Waals surface area contributed by atoms with Gasteiger partial charge in [-0.15, -0.1) is 0 Å². The van der Waals surface area contributed by atoms with Crippen LogP contribution in [0, 0.1) is 0 Å². The lowest BCUT2D eigenvalue weighted by Crippen LogP contribution is -2.44. The average Bonchev–Trinajstić information content (AvgIpc) is 3.42. The van der Waals surface area contributed by atoms with Crippen LogP contribution < -0.4 is 5.11 Å². The van der Waals surface area contributed by atoms with Crippen LogP contribution in [0.4, 0.5) is 0 Å². The van der Waals surface area contributed by atoms with Crippen LogP contribution >= 0.6 is 0 Å². The minimum atomic E-state index is -1.63. The van der Waals surface area contributed by atoms with E-state index in [0.29, 0.717) is 17.4 Å². The Morgan fingerprint density at radius 3 is 1.08 bits per heavy atom. The van der Waals surface area contributed by atoms with Crippen molar-refractivity contribution in [2.45, 2.75) is 257 Å². The molecule has 0 aliphatic carbocycles. The monoisotopic (exact) mass is 1100 g/mol. The fraction of sp³-hybridized carbons (Fsp3) is 0.671. The van der Waals surface area contributed by atoms with Gasteiger partial charge in [0.05, 0.1) is 40.3 Å². The molecule has 0 aliphatic rings. The molecular formula is C70H117NO8. The molecule has 9 heteroatoms. The van der Waals surface area contributed by atoms with Gasteiger partial charge in [-0.3, -0.25) is 9.59 Å². The summed E-state index contributed by atoms with van der Waals surface area (Å²) in [5, 5.41) is 11.8. The predicted molar refractivity (Wildman–Crippen MR) is 333 cm³/mol. The number of hydrogen-bond donors (Lipinski definition) is 0. The van der Waals surface area contributed by atoms with Gasteiger partial charge in [0.2, 0.25) is 0 Å².